The number of ether oxygens (including phenoxy) is 1. The molecule has 0 aromatic heterocycles. The van der Waals surface area contributed by atoms with Gasteiger partial charge in [0.25, 0.3) is 0 Å². The number of carbonyl (C=O) groups is 1. The Kier molecular flexibility index (Phi) is 5.34. The van der Waals surface area contributed by atoms with Crippen molar-refractivity contribution in [3.05, 3.63) is 28.2 Å². The monoisotopic (exact) mass is 307 g/mol. The highest BCUT2D eigenvalue weighted by molar-refractivity contribution is 9.10. The molecule has 17 heavy (non-hydrogen) atoms. The van der Waals surface area contributed by atoms with Crippen LogP contribution in [-0.4, -0.2) is 19.1 Å². The fourth-order valence-corrected chi connectivity index (χ4v) is 1.51. The van der Waals surface area contributed by atoms with Gasteiger partial charge in [-0.05, 0) is 28.9 Å². The second-order valence-corrected chi connectivity index (χ2v) is 4.08. The number of nitrogens with one attached hydrogen (secondary N) is 1. The first kappa shape index (κ1) is 13.9. The summed E-state index contributed by atoms with van der Waals surface area (Å²) in [5.41, 5.74) is 0.0231. The van der Waals surface area contributed by atoms with Crippen LogP contribution in [0.4, 0.5) is 14.5 Å². The van der Waals surface area contributed by atoms with E-state index in [0.29, 0.717) is 6.61 Å². The molecule has 0 bridgehead atoms. The summed E-state index contributed by atoms with van der Waals surface area (Å²) in [6.07, 6.45) is 0.102. The Balaban J connectivity index is 2.52. The van der Waals surface area contributed by atoms with E-state index in [1.54, 1.807) is 6.92 Å². The van der Waals surface area contributed by atoms with Crippen molar-refractivity contribution < 1.29 is 18.3 Å². The number of anilines is 1. The van der Waals surface area contributed by atoms with Crippen LogP contribution < -0.4 is 5.32 Å². The van der Waals surface area contributed by atoms with Gasteiger partial charge < -0.3 is 10.1 Å². The van der Waals surface area contributed by atoms with Gasteiger partial charge in [0.2, 0.25) is 0 Å². The topological polar surface area (TPSA) is 38.3 Å². The number of halogens is 3. The van der Waals surface area contributed by atoms with Crippen molar-refractivity contribution in [1.82, 2.24) is 0 Å². The molecular weight excluding hydrogens is 296 g/mol. The molecule has 0 atom stereocenters. The summed E-state index contributed by atoms with van der Waals surface area (Å²) >= 11 is 2.88. The maximum atomic E-state index is 13.3. The van der Waals surface area contributed by atoms with Gasteiger partial charge in [-0.1, -0.05) is 0 Å². The predicted octanol–water partition coefficient (Wildman–Crippen LogP) is 3.09. The van der Waals surface area contributed by atoms with Gasteiger partial charge in [0.1, 0.15) is 11.6 Å². The predicted molar refractivity (Wildman–Crippen MR) is 63.8 cm³/mol. The molecule has 3 nitrogen and oxygen atoms in total. The van der Waals surface area contributed by atoms with Gasteiger partial charge >= 0.3 is 5.97 Å². The molecule has 0 heterocycles. The highest BCUT2D eigenvalue weighted by Gasteiger charge is 2.08. The minimum absolute atomic E-state index is 0.0231. The van der Waals surface area contributed by atoms with Crippen molar-refractivity contribution in [1.29, 1.82) is 0 Å². The van der Waals surface area contributed by atoms with Gasteiger partial charge in [-0.3, -0.25) is 4.79 Å². The molecule has 0 spiro atoms. The molecule has 1 aromatic rings. The quantitative estimate of drug-likeness (QED) is 0.671. The number of hydrogen-bond donors (Lipinski definition) is 1. The molecule has 0 fully saturated rings. The molecule has 0 aliphatic heterocycles. The molecule has 0 saturated carbocycles. The largest absolute Gasteiger partial charge is 0.466 e. The van der Waals surface area contributed by atoms with Gasteiger partial charge in [-0.2, -0.15) is 0 Å². The first-order chi connectivity index (χ1) is 8.04. The number of carbonyl (C=O) groups excluding carboxylic acids is 1. The van der Waals surface area contributed by atoms with Crippen molar-refractivity contribution in [3.63, 3.8) is 0 Å². The molecule has 1 rings (SSSR count). The van der Waals surface area contributed by atoms with E-state index in [4.69, 9.17) is 4.74 Å². The number of benzene rings is 1. The van der Waals surface area contributed by atoms with Gasteiger partial charge in [0, 0.05) is 12.6 Å². The lowest BCUT2D eigenvalue weighted by molar-refractivity contribution is -0.142. The molecule has 1 aromatic carbocycles. The summed E-state index contributed by atoms with van der Waals surface area (Å²) in [6.45, 7) is 2.20. The van der Waals surface area contributed by atoms with Crippen LogP contribution in [0.1, 0.15) is 13.3 Å². The van der Waals surface area contributed by atoms with E-state index >= 15 is 0 Å². The molecule has 0 unspecified atom stereocenters. The molecule has 6 heteroatoms. The van der Waals surface area contributed by atoms with E-state index in [1.807, 2.05) is 0 Å². The summed E-state index contributed by atoms with van der Waals surface area (Å²) < 4.78 is 31.2. The SMILES string of the molecule is CCOC(=O)CCNc1cc(F)c(Br)cc1F. The van der Waals surface area contributed by atoms with Crippen LogP contribution in [0.15, 0.2) is 16.6 Å². The van der Waals surface area contributed by atoms with E-state index in [2.05, 4.69) is 21.2 Å². The zero-order chi connectivity index (χ0) is 12.8. The fourth-order valence-electron chi connectivity index (χ4n) is 1.19. The van der Waals surface area contributed by atoms with Crippen molar-refractivity contribution in [2.75, 3.05) is 18.5 Å². The van der Waals surface area contributed by atoms with Gasteiger partial charge in [-0.15, -0.1) is 0 Å². The van der Waals surface area contributed by atoms with E-state index < -0.39 is 11.6 Å². The maximum Gasteiger partial charge on any atom is 0.307 e. The third-order valence-corrected chi connectivity index (χ3v) is 2.57. The van der Waals surface area contributed by atoms with Crippen LogP contribution in [0.5, 0.6) is 0 Å². The average Bonchev–Trinajstić information content (AvgIpc) is 2.26. The van der Waals surface area contributed by atoms with Crippen LogP contribution >= 0.6 is 15.9 Å². The summed E-state index contributed by atoms with van der Waals surface area (Å²) in [4.78, 5) is 11.0. The first-order valence-corrected chi connectivity index (χ1v) is 5.88. The van der Waals surface area contributed by atoms with Crippen molar-refractivity contribution in [2.24, 2.45) is 0 Å². The molecular formula is C11H12BrF2NO2. The zero-order valence-corrected chi connectivity index (χ0v) is 10.8. The Bertz CT molecular complexity index is 413. The maximum absolute atomic E-state index is 13.3. The van der Waals surface area contributed by atoms with Gasteiger partial charge in [-0.25, -0.2) is 8.78 Å². The molecule has 94 valence electrons. The third-order valence-electron chi connectivity index (χ3n) is 1.96. The molecule has 0 saturated heterocycles. The van der Waals surface area contributed by atoms with Crippen LogP contribution in [-0.2, 0) is 9.53 Å². The Morgan fingerprint density at radius 1 is 1.41 bits per heavy atom. The fraction of sp³-hybridized carbons (Fsp3) is 0.364. The van der Waals surface area contributed by atoms with Crippen molar-refractivity contribution in [3.8, 4) is 0 Å². The third kappa shape index (κ3) is 4.30. The second kappa shape index (κ2) is 6.54. The second-order valence-electron chi connectivity index (χ2n) is 3.23. The Labute approximate surface area is 106 Å². The summed E-state index contributed by atoms with van der Waals surface area (Å²) in [6, 6.07) is 2.06. The number of hydrogen-bond acceptors (Lipinski definition) is 3. The summed E-state index contributed by atoms with van der Waals surface area (Å²) in [7, 11) is 0. The summed E-state index contributed by atoms with van der Waals surface area (Å²) in [5, 5.41) is 2.63. The molecule has 0 aliphatic carbocycles. The minimum Gasteiger partial charge on any atom is -0.466 e. The molecule has 0 amide bonds. The van der Waals surface area contributed by atoms with E-state index in [0.717, 1.165) is 12.1 Å². The average molecular weight is 308 g/mol. The minimum atomic E-state index is -0.581. The van der Waals surface area contributed by atoms with Crippen LogP contribution in [0.25, 0.3) is 0 Å². The van der Waals surface area contributed by atoms with E-state index in [-0.39, 0.29) is 29.1 Å². The first-order valence-electron chi connectivity index (χ1n) is 5.08. The highest BCUT2D eigenvalue weighted by Crippen LogP contribution is 2.23. The Morgan fingerprint density at radius 3 is 2.76 bits per heavy atom. The number of esters is 1. The van der Waals surface area contributed by atoms with Crippen molar-refractivity contribution >= 4 is 27.6 Å². The Hall–Kier alpha value is -1.17. The van der Waals surface area contributed by atoms with Gasteiger partial charge in [0.05, 0.1) is 23.2 Å². The number of rotatable bonds is 5. The highest BCUT2D eigenvalue weighted by atomic mass is 79.9. The lowest BCUT2D eigenvalue weighted by Crippen LogP contribution is -2.12. The zero-order valence-electron chi connectivity index (χ0n) is 9.23. The van der Waals surface area contributed by atoms with Crippen LogP contribution in [0.3, 0.4) is 0 Å². The standard InChI is InChI=1S/C11H12BrF2NO2/c1-2-17-11(16)3-4-15-10-6-8(13)7(12)5-9(10)14/h5-6,15H,2-4H2,1H3. The molecule has 0 radical (unpaired) electrons. The van der Waals surface area contributed by atoms with Crippen molar-refractivity contribution in [2.45, 2.75) is 13.3 Å². The van der Waals surface area contributed by atoms with E-state index in [1.165, 1.54) is 0 Å². The lowest BCUT2D eigenvalue weighted by Gasteiger charge is -2.08. The Morgan fingerprint density at radius 2 is 2.12 bits per heavy atom. The molecule has 1 N–H and O–H groups in total. The van der Waals surface area contributed by atoms with Crippen LogP contribution in [0, 0.1) is 11.6 Å². The van der Waals surface area contributed by atoms with Crippen LogP contribution in [0.2, 0.25) is 0 Å². The lowest BCUT2D eigenvalue weighted by atomic mass is 10.3. The van der Waals surface area contributed by atoms with Gasteiger partial charge in [0.15, 0.2) is 0 Å². The normalized spacial score (nSPS) is 10.1. The van der Waals surface area contributed by atoms with E-state index in [9.17, 15) is 13.6 Å². The smallest absolute Gasteiger partial charge is 0.307 e. The summed E-state index contributed by atoms with van der Waals surface area (Å²) in [5.74, 6) is -1.52. The molecule has 0 aliphatic rings.